The van der Waals surface area contributed by atoms with E-state index in [0.717, 1.165) is 63.2 Å². The number of allylic oxidation sites excluding steroid dienone is 2. The van der Waals surface area contributed by atoms with Crippen LogP contribution in [0.25, 0.3) is 0 Å². The van der Waals surface area contributed by atoms with Crippen LogP contribution >= 0.6 is 0 Å². The van der Waals surface area contributed by atoms with Crippen molar-refractivity contribution in [3.63, 3.8) is 0 Å². The van der Waals surface area contributed by atoms with Crippen molar-refractivity contribution in [2.45, 2.75) is 231 Å². The molecule has 0 spiro atoms. The van der Waals surface area contributed by atoms with E-state index in [4.69, 9.17) is 0 Å². The molecule has 0 saturated heterocycles. The van der Waals surface area contributed by atoms with Crippen molar-refractivity contribution in [2.24, 2.45) is 119 Å². The predicted octanol–water partition coefficient (Wildman–Crippen LogP) is 14.6. The Balaban J connectivity index is 0.00000294. The minimum absolute atomic E-state index is 0. The molecule has 429 valence electrons. The van der Waals surface area contributed by atoms with Crippen LogP contribution in [0.5, 0.6) is 0 Å². The van der Waals surface area contributed by atoms with Crippen molar-refractivity contribution < 1.29 is 117 Å². The fourth-order valence-corrected chi connectivity index (χ4v) is 24.2. The first-order valence-electron chi connectivity index (χ1n) is 31.3. The molecule has 3 radical (unpaired) electrons. The number of rotatable bonds is 11. The van der Waals surface area contributed by atoms with E-state index in [9.17, 15) is 9.59 Å². The van der Waals surface area contributed by atoms with E-state index in [1.54, 1.807) is 0 Å². The summed E-state index contributed by atoms with van der Waals surface area (Å²) in [6.07, 6.45) is 27.8. The van der Waals surface area contributed by atoms with Crippen LogP contribution in [0.15, 0.2) is 24.3 Å². The summed E-state index contributed by atoms with van der Waals surface area (Å²) in [5, 5.41) is 9.78. The fourth-order valence-electron chi connectivity index (χ4n) is 24.2. The zero-order valence-electron chi connectivity index (χ0n) is 51.9. The molecule has 3 amide bonds. The zero-order chi connectivity index (χ0) is 54.5. The summed E-state index contributed by atoms with van der Waals surface area (Å²) >= 11 is 0. The average Bonchev–Trinajstić information content (AvgIpc) is 3.93. The number of carbonyl (C=O) groups is 4. The summed E-state index contributed by atoms with van der Waals surface area (Å²) in [4.78, 5) is 57.8. The minimum atomic E-state index is -0.847. The summed E-state index contributed by atoms with van der Waals surface area (Å²) < 4.78 is 0. The van der Waals surface area contributed by atoms with E-state index in [0.29, 0.717) is 46.3 Å². The average molecular weight is 1300 g/mol. The number of hydrogen-bond donors (Lipinski definition) is 3. The molecule has 10 saturated carbocycles. The van der Waals surface area contributed by atoms with Crippen LogP contribution in [0, 0.1) is 132 Å². The van der Waals surface area contributed by atoms with Crippen LogP contribution < -0.4 is 16.0 Å². The quantitative estimate of drug-likeness (QED) is 0.142. The monoisotopic (exact) mass is 1300 g/mol. The molecule has 10 aliphatic rings. The maximum absolute atomic E-state index is 15.1. The molecule has 0 aromatic rings. The Morgan fingerprint density at radius 2 is 0.885 bits per heavy atom. The third-order valence-electron chi connectivity index (χ3n) is 28.4. The van der Waals surface area contributed by atoms with E-state index < -0.39 is 22.8 Å². The zero-order valence-corrected chi connectivity index (χ0v) is 60.4. The molecule has 20 unspecified atom stereocenters. The molecule has 20 atom stereocenters. The van der Waals surface area contributed by atoms with E-state index in [1.807, 2.05) is 6.92 Å². The van der Waals surface area contributed by atoms with Gasteiger partial charge in [-0.1, -0.05) is 138 Å². The van der Waals surface area contributed by atoms with E-state index >= 15 is 9.59 Å². The van der Waals surface area contributed by atoms with E-state index in [1.165, 1.54) is 95.1 Å². The first-order chi connectivity index (χ1) is 34.9. The molecule has 3 N–H and O–H groups in total. The van der Waals surface area contributed by atoms with Crippen LogP contribution in [0.2, 0.25) is 0 Å². The molecule has 7 nitrogen and oxygen atoms in total. The molecule has 10 heteroatoms. The third kappa shape index (κ3) is 9.77. The van der Waals surface area contributed by atoms with Crippen molar-refractivity contribution in [3.8, 4) is 0 Å². The number of fused-ring (bicyclic) bond motifs is 14. The van der Waals surface area contributed by atoms with Crippen molar-refractivity contribution in [1.82, 2.24) is 16.0 Å². The van der Waals surface area contributed by atoms with Crippen molar-refractivity contribution in [3.05, 3.63) is 37.1 Å². The third-order valence-corrected chi connectivity index (χ3v) is 28.4. The Labute approximate surface area is 551 Å². The van der Waals surface area contributed by atoms with Gasteiger partial charge in [0.05, 0.1) is 16.7 Å². The Kier molecular flexibility index (Phi) is 19.5. The van der Waals surface area contributed by atoms with Crippen LogP contribution in [-0.4, -0.2) is 42.6 Å². The van der Waals surface area contributed by atoms with Gasteiger partial charge in [-0.05, 0) is 190 Å². The van der Waals surface area contributed by atoms with Gasteiger partial charge < -0.3 is 28.8 Å². The number of ketones is 1. The minimum Gasteiger partial charge on any atom is -0.355 e. The van der Waals surface area contributed by atoms with E-state index in [2.05, 4.69) is 125 Å². The predicted molar refractivity (Wildman–Crippen MR) is 304 cm³/mol. The van der Waals surface area contributed by atoms with Gasteiger partial charge in [0, 0.05) is 111 Å². The molecular formula is C68H107N3O4Y3-2. The van der Waals surface area contributed by atoms with Crippen LogP contribution in [0.1, 0.15) is 225 Å². The smallest absolute Gasteiger partial charge is 0.226 e. The standard InChI is InChI=1S/C68H107N3O4.3Y/c1-41(2)45-23-33-67(37-35-63(13)47(54(45)67)19-21-52-61(11)29-17-27-59(7,8)50(61)25-31-65(52,63)15)57(74)69-39-43(5)56(73)71-49(44(6)72)40-70-58(75)68-34-24-46(42(3)4)55(68)48-20-22-53-62(12)30-18-28-60(9,10)51(62)26-32-66(53,16)64(48,14)36-38-68;;;/h27-28,43,45-55H,1,3,17-26,29-40H2,2,4-16H3,(H,69,74)(H,70,75)(H,71,73);;;/q-2;;;. The fraction of sp³-hybridized carbons (Fsp3) is 0.853. The number of amides is 3. The van der Waals surface area contributed by atoms with Crippen molar-refractivity contribution >= 4 is 23.5 Å². The molecule has 78 heavy (non-hydrogen) atoms. The van der Waals surface area contributed by atoms with Gasteiger partial charge in [0.1, 0.15) is 6.04 Å². The van der Waals surface area contributed by atoms with Gasteiger partial charge in [-0.3, -0.25) is 19.2 Å². The number of Topliss-reactive ketones (excluding diaryl/α,β-unsaturated/α-hetero) is 1. The molecule has 0 heterocycles. The normalized spacial score (nSPS) is 46.8. The molecule has 0 aromatic carbocycles. The van der Waals surface area contributed by atoms with Gasteiger partial charge in [0.2, 0.25) is 17.7 Å². The Morgan fingerprint density at radius 1 is 0.487 bits per heavy atom. The topological polar surface area (TPSA) is 104 Å². The SMILES string of the molecule is C=C(C)C1CCC2(C(=O)NCC(C)C(=O)NC(CNC(=O)C34CCC(C(=C)C)C3C3CCC5C6(C)CC[CH-]C(C)(C)C6CCC5(C)C3(C)CC4)C(C)=O)CCC3(C)C(CCC4C5(C)CC[CH-]C(C)(C)C5CCC43C)C12.[Y].[Y].[Y]. The van der Waals surface area contributed by atoms with E-state index in [-0.39, 0.29) is 179 Å². The van der Waals surface area contributed by atoms with Gasteiger partial charge in [0.15, 0.2) is 5.78 Å². The van der Waals surface area contributed by atoms with Crippen molar-refractivity contribution in [1.29, 1.82) is 0 Å². The summed E-state index contributed by atoms with van der Waals surface area (Å²) in [6.45, 7) is 43.1. The number of nitrogens with one attached hydrogen (secondary N) is 3. The van der Waals surface area contributed by atoms with Gasteiger partial charge in [0.25, 0.3) is 0 Å². The molecule has 0 bridgehead atoms. The van der Waals surface area contributed by atoms with Gasteiger partial charge in [-0.2, -0.15) is 23.7 Å². The first-order valence-corrected chi connectivity index (χ1v) is 31.3. The van der Waals surface area contributed by atoms with Crippen LogP contribution in [0.4, 0.5) is 0 Å². The van der Waals surface area contributed by atoms with Crippen LogP contribution in [0.3, 0.4) is 0 Å². The second-order valence-electron chi connectivity index (χ2n) is 31.8. The Morgan fingerprint density at radius 3 is 1.27 bits per heavy atom. The van der Waals surface area contributed by atoms with Crippen LogP contribution in [-0.2, 0) is 117 Å². The Hall–Kier alpha value is 0.872. The first kappa shape index (κ1) is 66.4. The molecular weight excluding hydrogens is 1190 g/mol. The molecule has 10 rings (SSSR count). The summed E-state index contributed by atoms with van der Waals surface area (Å²) in [6, 6.07) is -0.847. The van der Waals surface area contributed by atoms with Gasteiger partial charge in [-0.15, -0.1) is 0 Å². The largest absolute Gasteiger partial charge is 0.355 e. The maximum Gasteiger partial charge on any atom is 0.226 e. The second-order valence-corrected chi connectivity index (χ2v) is 31.8. The number of carbonyl (C=O) groups excluding carboxylic acids is 4. The second kappa shape index (κ2) is 22.9. The summed E-state index contributed by atoms with van der Waals surface area (Å²) in [7, 11) is 0. The molecule has 10 fully saturated rings. The van der Waals surface area contributed by atoms with Gasteiger partial charge >= 0.3 is 0 Å². The van der Waals surface area contributed by atoms with Gasteiger partial charge in [-0.25, -0.2) is 0 Å². The Bertz CT molecular complexity index is 2350. The summed E-state index contributed by atoms with van der Waals surface area (Å²) in [5.74, 6) is 3.99. The maximum atomic E-state index is 15.1. The molecule has 10 aliphatic carbocycles. The summed E-state index contributed by atoms with van der Waals surface area (Å²) in [5.41, 5.74) is 3.37. The molecule has 0 aliphatic heterocycles. The number of hydrogen-bond acceptors (Lipinski definition) is 4. The van der Waals surface area contributed by atoms with Crippen molar-refractivity contribution in [2.75, 3.05) is 13.1 Å². The molecule has 0 aromatic heterocycles.